The van der Waals surface area contributed by atoms with Gasteiger partial charge in [0.2, 0.25) is 5.91 Å². The molecule has 2 N–H and O–H groups in total. The molecule has 3 atom stereocenters. The lowest BCUT2D eigenvalue weighted by Gasteiger charge is -2.17. The molecule has 2 fully saturated rings. The molecule has 1 amide bonds. The highest BCUT2D eigenvalue weighted by Gasteiger charge is 2.65. The lowest BCUT2D eigenvalue weighted by atomic mass is 10.1. The number of amides is 1. The predicted octanol–water partition coefficient (Wildman–Crippen LogP) is 2.04. The maximum Gasteiger partial charge on any atom is 0.307 e. The van der Waals surface area contributed by atoms with E-state index in [0.29, 0.717) is 0 Å². The highest BCUT2D eigenvalue weighted by Crippen LogP contribution is 2.58. The fraction of sp³-hybridized carbons (Fsp3) is 0.857. The van der Waals surface area contributed by atoms with Crippen LogP contribution in [0, 0.1) is 23.2 Å². The summed E-state index contributed by atoms with van der Waals surface area (Å²) in [4.78, 5) is 23.2. The first kappa shape index (κ1) is 13.4. The second kappa shape index (κ2) is 4.56. The van der Waals surface area contributed by atoms with Gasteiger partial charge in [0.15, 0.2) is 0 Å². The molecule has 3 unspecified atom stereocenters. The fourth-order valence-corrected chi connectivity index (χ4v) is 2.96. The normalized spacial score (nSPS) is 30.6. The van der Waals surface area contributed by atoms with Gasteiger partial charge in [0.05, 0.1) is 11.8 Å². The molecular weight excluding hydrogens is 230 g/mol. The largest absolute Gasteiger partial charge is 0.481 e. The highest BCUT2D eigenvalue weighted by atomic mass is 16.4. The number of carboxylic acid groups (broad SMARTS) is 1. The topological polar surface area (TPSA) is 66.4 Å². The molecule has 4 nitrogen and oxygen atoms in total. The van der Waals surface area contributed by atoms with Gasteiger partial charge in [-0.1, -0.05) is 33.6 Å². The third-order valence-corrected chi connectivity index (χ3v) is 4.53. The van der Waals surface area contributed by atoms with Crippen molar-refractivity contribution in [1.82, 2.24) is 5.32 Å². The zero-order valence-corrected chi connectivity index (χ0v) is 11.4. The van der Waals surface area contributed by atoms with E-state index in [-0.39, 0.29) is 17.9 Å². The number of hydrogen-bond donors (Lipinski definition) is 2. The zero-order chi connectivity index (χ0) is 13.5. The van der Waals surface area contributed by atoms with Gasteiger partial charge in [-0.05, 0) is 24.2 Å². The SMILES string of the molecule is CCC(CC1CC1)NC(=O)C1C(C(=O)O)C1(C)C. The number of nitrogens with one attached hydrogen (secondary N) is 1. The van der Waals surface area contributed by atoms with Crippen LogP contribution in [0.4, 0.5) is 0 Å². The summed E-state index contributed by atoms with van der Waals surface area (Å²) in [7, 11) is 0. The molecule has 0 spiro atoms. The smallest absolute Gasteiger partial charge is 0.307 e. The van der Waals surface area contributed by atoms with Gasteiger partial charge in [-0.15, -0.1) is 0 Å². The maximum atomic E-state index is 12.1. The van der Waals surface area contributed by atoms with Crippen LogP contribution in [0.5, 0.6) is 0 Å². The van der Waals surface area contributed by atoms with E-state index in [4.69, 9.17) is 5.11 Å². The fourth-order valence-electron chi connectivity index (χ4n) is 2.96. The van der Waals surface area contributed by atoms with E-state index in [0.717, 1.165) is 18.8 Å². The molecule has 2 rings (SSSR count). The summed E-state index contributed by atoms with van der Waals surface area (Å²) < 4.78 is 0. The van der Waals surface area contributed by atoms with Crippen LogP contribution in [0.15, 0.2) is 0 Å². The number of carbonyl (C=O) groups is 2. The van der Waals surface area contributed by atoms with Crippen LogP contribution in [0.1, 0.15) is 46.5 Å². The first-order chi connectivity index (χ1) is 8.37. The summed E-state index contributed by atoms with van der Waals surface area (Å²) in [6, 6.07) is 0.218. The van der Waals surface area contributed by atoms with Crippen LogP contribution in [0.25, 0.3) is 0 Å². The average Bonchev–Trinajstić information content (AvgIpc) is 3.14. The number of aliphatic carboxylic acids is 1. The Hall–Kier alpha value is -1.06. The molecule has 4 heteroatoms. The summed E-state index contributed by atoms with van der Waals surface area (Å²) in [6.45, 7) is 5.79. The Bertz CT molecular complexity index is 360. The summed E-state index contributed by atoms with van der Waals surface area (Å²) in [5.41, 5.74) is -0.395. The minimum absolute atomic E-state index is 0.0695. The standard InChI is InChI=1S/C14H23NO3/c1-4-9(7-8-5-6-8)15-12(16)10-11(13(17)18)14(10,2)3/h8-11H,4-7H2,1-3H3,(H,15,16)(H,17,18). The van der Waals surface area contributed by atoms with E-state index in [1.165, 1.54) is 12.8 Å². The van der Waals surface area contributed by atoms with E-state index in [1.807, 2.05) is 13.8 Å². The molecule has 0 aromatic rings. The lowest BCUT2D eigenvalue weighted by molar-refractivity contribution is -0.140. The molecule has 0 saturated heterocycles. The molecule has 0 bridgehead atoms. The zero-order valence-electron chi connectivity index (χ0n) is 11.4. The van der Waals surface area contributed by atoms with Crippen LogP contribution in [-0.4, -0.2) is 23.0 Å². The van der Waals surface area contributed by atoms with E-state index >= 15 is 0 Å². The maximum absolute atomic E-state index is 12.1. The summed E-state index contributed by atoms with van der Waals surface area (Å²) >= 11 is 0. The number of carboxylic acids is 1. The number of rotatable bonds is 6. The Balaban J connectivity index is 1.89. The second-order valence-corrected chi connectivity index (χ2v) is 6.41. The Morgan fingerprint density at radius 2 is 1.94 bits per heavy atom. The monoisotopic (exact) mass is 253 g/mol. The van der Waals surface area contributed by atoms with Crippen LogP contribution in [0.2, 0.25) is 0 Å². The first-order valence-electron chi connectivity index (χ1n) is 6.91. The molecule has 2 saturated carbocycles. The van der Waals surface area contributed by atoms with Crippen LogP contribution in [-0.2, 0) is 9.59 Å². The van der Waals surface area contributed by atoms with Gasteiger partial charge in [0, 0.05) is 6.04 Å². The minimum Gasteiger partial charge on any atom is -0.481 e. The third kappa shape index (κ3) is 2.52. The lowest BCUT2D eigenvalue weighted by Crippen LogP contribution is -2.37. The van der Waals surface area contributed by atoms with Crippen molar-refractivity contribution in [3.63, 3.8) is 0 Å². The van der Waals surface area contributed by atoms with Gasteiger partial charge in [-0.2, -0.15) is 0 Å². The van der Waals surface area contributed by atoms with Crippen LogP contribution >= 0.6 is 0 Å². The molecule has 0 aliphatic heterocycles. The Kier molecular flexibility index (Phi) is 3.39. The quantitative estimate of drug-likeness (QED) is 0.761. The van der Waals surface area contributed by atoms with E-state index in [2.05, 4.69) is 12.2 Å². The Morgan fingerprint density at radius 1 is 1.33 bits per heavy atom. The summed E-state index contributed by atoms with van der Waals surface area (Å²) in [5, 5.41) is 12.1. The van der Waals surface area contributed by atoms with Crippen molar-refractivity contribution >= 4 is 11.9 Å². The first-order valence-corrected chi connectivity index (χ1v) is 6.91. The van der Waals surface area contributed by atoms with Crippen molar-refractivity contribution in [3.8, 4) is 0 Å². The van der Waals surface area contributed by atoms with Crippen molar-refractivity contribution in [2.24, 2.45) is 23.2 Å². The molecule has 2 aliphatic carbocycles. The molecule has 0 radical (unpaired) electrons. The molecule has 18 heavy (non-hydrogen) atoms. The summed E-state index contributed by atoms with van der Waals surface area (Å²) in [5.74, 6) is -1.02. The Morgan fingerprint density at radius 3 is 2.33 bits per heavy atom. The van der Waals surface area contributed by atoms with Gasteiger partial charge in [0.25, 0.3) is 0 Å². The number of carbonyl (C=O) groups excluding carboxylic acids is 1. The van der Waals surface area contributed by atoms with Crippen molar-refractivity contribution in [1.29, 1.82) is 0 Å². The minimum atomic E-state index is -0.851. The van der Waals surface area contributed by atoms with Gasteiger partial charge < -0.3 is 10.4 Å². The highest BCUT2D eigenvalue weighted by molar-refractivity contribution is 5.91. The van der Waals surface area contributed by atoms with Crippen molar-refractivity contribution < 1.29 is 14.7 Å². The molecule has 0 heterocycles. The Labute approximate surface area is 108 Å². The molecular formula is C14H23NO3. The molecule has 0 aromatic heterocycles. The van der Waals surface area contributed by atoms with Crippen molar-refractivity contribution in [3.05, 3.63) is 0 Å². The molecule has 0 aromatic carbocycles. The van der Waals surface area contributed by atoms with Gasteiger partial charge in [0.1, 0.15) is 0 Å². The van der Waals surface area contributed by atoms with Crippen molar-refractivity contribution in [2.45, 2.75) is 52.5 Å². The third-order valence-electron chi connectivity index (χ3n) is 4.53. The van der Waals surface area contributed by atoms with Crippen LogP contribution < -0.4 is 5.32 Å². The van der Waals surface area contributed by atoms with E-state index in [9.17, 15) is 9.59 Å². The van der Waals surface area contributed by atoms with Gasteiger partial charge >= 0.3 is 5.97 Å². The summed E-state index contributed by atoms with van der Waals surface area (Å²) in [6.07, 6.45) is 4.53. The van der Waals surface area contributed by atoms with Gasteiger partial charge in [-0.3, -0.25) is 9.59 Å². The predicted molar refractivity (Wildman–Crippen MR) is 68.0 cm³/mol. The molecule has 2 aliphatic rings. The number of hydrogen-bond acceptors (Lipinski definition) is 2. The van der Waals surface area contributed by atoms with E-state index < -0.39 is 17.3 Å². The average molecular weight is 253 g/mol. The van der Waals surface area contributed by atoms with Crippen LogP contribution in [0.3, 0.4) is 0 Å². The second-order valence-electron chi connectivity index (χ2n) is 6.41. The van der Waals surface area contributed by atoms with Crippen molar-refractivity contribution in [2.75, 3.05) is 0 Å². The van der Waals surface area contributed by atoms with E-state index in [1.54, 1.807) is 0 Å². The van der Waals surface area contributed by atoms with Gasteiger partial charge in [-0.25, -0.2) is 0 Å². The molecule has 102 valence electrons.